The molecule has 1 unspecified atom stereocenters. The van der Waals surface area contributed by atoms with Crippen molar-refractivity contribution in [2.45, 2.75) is 36.7 Å². The Hall–Kier alpha value is -2.73. The van der Waals surface area contributed by atoms with Crippen LogP contribution in [0.3, 0.4) is 0 Å². The molecule has 1 aliphatic carbocycles. The number of hydrogen-bond donors (Lipinski definition) is 2. The lowest BCUT2D eigenvalue weighted by Crippen LogP contribution is -2.46. The van der Waals surface area contributed by atoms with E-state index in [0.29, 0.717) is 5.56 Å². The number of halogens is 10. The normalized spacial score (nSPS) is 15.4. The molecule has 42 heavy (non-hydrogen) atoms. The van der Waals surface area contributed by atoms with Gasteiger partial charge in [-0.2, -0.15) is 26.3 Å². The molecular weight excluding hydrogens is 697 g/mol. The van der Waals surface area contributed by atoms with Crippen molar-refractivity contribution < 1.29 is 35.9 Å². The first-order valence-electron chi connectivity index (χ1n) is 12.0. The standard InChI is InChI=1S/C28H18BrCl3F6N2O2/c29-20-10-14(5-7-19(28(36,37)38)15-11-21(30)23(32)22(31)12-15)4-6-18(20)24(41)40-26(8-9-26)25(42)39-17-3-1-2-16(13-17)27(33,34)35/h1-7,10-13,19H,8-9H2,(H,39,42)(H,40,41)/b7-5+. The van der Waals surface area contributed by atoms with Gasteiger partial charge in [0, 0.05) is 10.2 Å². The molecule has 0 saturated heterocycles. The van der Waals surface area contributed by atoms with Gasteiger partial charge >= 0.3 is 12.4 Å². The summed E-state index contributed by atoms with van der Waals surface area (Å²) in [7, 11) is 0. The van der Waals surface area contributed by atoms with E-state index in [9.17, 15) is 35.9 Å². The number of hydrogen-bond acceptors (Lipinski definition) is 2. The summed E-state index contributed by atoms with van der Waals surface area (Å²) in [6.45, 7) is 0. The lowest BCUT2D eigenvalue weighted by Gasteiger charge is -2.19. The molecule has 2 amide bonds. The van der Waals surface area contributed by atoms with Crippen LogP contribution in [0.4, 0.5) is 32.0 Å². The molecular formula is C28H18BrCl3F6N2O2. The predicted octanol–water partition coefficient (Wildman–Crippen LogP) is 9.69. The van der Waals surface area contributed by atoms with E-state index in [1.165, 1.54) is 30.3 Å². The van der Waals surface area contributed by atoms with Crippen LogP contribution >= 0.6 is 50.7 Å². The van der Waals surface area contributed by atoms with E-state index in [4.69, 9.17) is 34.8 Å². The van der Waals surface area contributed by atoms with Gasteiger partial charge in [-0.1, -0.05) is 59.1 Å². The molecule has 0 bridgehead atoms. The number of anilines is 1. The van der Waals surface area contributed by atoms with Crippen molar-refractivity contribution in [1.29, 1.82) is 0 Å². The van der Waals surface area contributed by atoms with E-state index in [1.54, 1.807) is 0 Å². The number of benzene rings is 3. The van der Waals surface area contributed by atoms with Crippen LogP contribution in [0.5, 0.6) is 0 Å². The van der Waals surface area contributed by atoms with E-state index < -0.39 is 41.2 Å². The van der Waals surface area contributed by atoms with E-state index in [0.717, 1.165) is 36.4 Å². The van der Waals surface area contributed by atoms with Crippen LogP contribution in [-0.2, 0) is 11.0 Å². The maximum atomic E-state index is 13.8. The molecule has 2 N–H and O–H groups in total. The first-order chi connectivity index (χ1) is 19.5. The quantitative estimate of drug-likeness (QED) is 0.189. The summed E-state index contributed by atoms with van der Waals surface area (Å²) in [6.07, 6.45) is -6.62. The smallest absolute Gasteiger partial charge is 0.338 e. The third kappa shape index (κ3) is 7.42. The predicted molar refractivity (Wildman–Crippen MR) is 153 cm³/mol. The van der Waals surface area contributed by atoms with Crippen LogP contribution in [0.25, 0.3) is 6.08 Å². The molecule has 0 aromatic heterocycles. The molecule has 1 saturated carbocycles. The van der Waals surface area contributed by atoms with Gasteiger partial charge in [-0.05, 0) is 82.4 Å². The summed E-state index contributed by atoms with van der Waals surface area (Å²) in [4.78, 5) is 25.8. The summed E-state index contributed by atoms with van der Waals surface area (Å²) >= 11 is 20.9. The topological polar surface area (TPSA) is 58.2 Å². The molecule has 3 aromatic carbocycles. The van der Waals surface area contributed by atoms with Gasteiger partial charge in [0.15, 0.2) is 0 Å². The molecule has 0 aliphatic heterocycles. The van der Waals surface area contributed by atoms with Gasteiger partial charge in [0.05, 0.1) is 32.1 Å². The Balaban J connectivity index is 1.48. The van der Waals surface area contributed by atoms with E-state index in [-0.39, 0.29) is 49.2 Å². The fourth-order valence-electron chi connectivity index (χ4n) is 4.03. The Labute approximate surface area is 259 Å². The molecule has 14 heteroatoms. The fourth-order valence-corrected chi connectivity index (χ4v) is 5.22. The Morgan fingerprint density at radius 3 is 2.12 bits per heavy atom. The van der Waals surface area contributed by atoms with E-state index in [1.807, 2.05) is 0 Å². The van der Waals surface area contributed by atoms with E-state index in [2.05, 4.69) is 26.6 Å². The molecule has 1 atom stereocenters. The van der Waals surface area contributed by atoms with Crippen molar-refractivity contribution in [2.75, 3.05) is 5.32 Å². The van der Waals surface area contributed by atoms with Crippen LogP contribution < -0.4 is 10.6 Å². The fraction of sp³-hybridized carbons (Fsp3) is 0.214. The average molecular weight is 715 g/mol. The van der Waals surface area contributed by atoms with Crippen molar-refractivity contribution in [3.05, 3.63) is 102 Å². The van der Waals surface area contributed by atoms with Crippen molar-refractivity contribution >= 4 is 74.3 Å². The highest BCUT2D eigenvalue weighted by atomic mass is 79.9. The number of nitrogens with one attached hydrogen (secondary N) is 2. The molecule has 0 heterocycles. The third-order valence-corrected chi connectivity index (χ3v) is 8.27. The van der Waals surface area contributed by atoms with Crippen LogP contribution in [0.1, 0.15) is 45.8 Å². The van der Waals surface area contributed by atoms with Gasteiger partial charge in [-0.25, -0.2) is 0 Å². The van der Waals surface area contributed by atoms with Crippen molar-refractivity contribution in [2.24, 2.45) is 0 Å². The number of rotatable bonds is 7. The Bertz CT molecular complexity index is 1550. The van der Waals surface area contributed by atoms with Crippen molar-refractivity contribution in [3.8, 4) is 0 Å². The third-order valence-electron chi connectivity index (χ3n) is 6.42. The largest absolute Gasteiger partial charge is 0.416 e. The average Bonchev–Trinajstić information content (AvgIpc) is 3.67. The summed E-state index contributed by atoms with van der Waals surface area (Å²) < 4.78 is 80.8. The first-order valence-corrected chi connectivity index (χ1v) is 13.9. The lowest BCUT2D eigenvalue weighted by atomic mass is 9.97. The summed E-state index contributed by atoms with van der Waals surface area (Å²) in [5.41, 5.74) is -2.13. The molecule has 4 rings (SSSR count). The minimum absolute atomic E-state index is 0.0640. The molecule has 0 radical (unpaired) electrons. The van der Waals surface area contributed by atoms with Gasteiger partial charge in [0.2, 0.25) is 5.91 Å². The van der Waals surface area contributed by atoms with Crippen LogP contribution in [-0.4, -0.2) is 23.5 Å². The highest BCUT2D eigenvalue weighted by Gasteiger charge is 2.51. The second-order valence-corrected chi connectivity index (χ2v) is 11.5. The number of allylic oxidation sites excluding steroid dienone is 1. The molecule has 4 nitrogen and oxygen atoms in total. The molecule has 222 valence electrons. The maximum Gasteiger partial charge on any atom is 0.416 e. The number of carbonyl (C=O) groups is 2. The summed E-state index contributed by atoms with van der Waals surface area (Å²) in [5, 5.41) is 4.70. The Morgan fingerprint density at radius 1 is 0.929 bits per heavy atom. The minimum atomic E-state index is -4.68. The van der Waals surface area contributed by atoms with Gasteiger partial charge in [0.1, 0.15) is 5.54 Å². The van der Waals surface area contributed by atoms with Gasteiger partial charge in [-0.3, -0.25) is 9.59 Å². The SMILES string of the molecule is O=C(NC1(C(=O)Nc2cccc(C(F)(F)F)c2)CC1)c1ccc(/C=C/C(c2cc(Cl)c(Cl)c(Cl)c2)C(F)(F)F)cc1Br. The zero-order valence-electron chi connectivity index (χ0n) is 20.9. The lowest BCUT2D eigenvalue weighted by molar-refractivity contribution is -0.139. The Kier molecular flexibility index (Phi) is 9.28. The van der Waals surface area contributed by atoms with Gasteiger partial charge in [-0.15, -0.1) is 0 Å². The molecule has 1 aliphatic rings. The highest BCUT2D eigenvalue weighted by Crippen LogP contribution is 2.41. The van der Waals surface area contributed by atoms with E-state index >= 15 is 0 Å². The zero-order valence-corrected chi connectivity index (χ0v) is 24.8. The molecule has 0 spiro atoms. The zero-order chi connectivity index (χ0) is 31.0. The monoisotopic (exact) mass is 712 g/mol. The van der Waals surface area contributed by atoms with Crippen LogP contribution in [0, 0.1) is 0 Å². The Morgan fingerprint density at radius 2 is 1.57 bits per heavy atom. The maximum absolute atomic E-state index is 13.8. The highest BCUT2D eigenvalue weighted by molar-refractivity contribution is 9.10. The van der Waals surface area contributed by atoms with Crippen LogP contribution in [0.15, 0.2) is 65.1 Å². The number of amides is 2. The van der Waals surface area contributed by atoms with Gasteiger partial charge in [0.25, 0.3) is 5.91 Å². The van der Waals surface area contributed by atoms with Gasteiger partial charge < -0.3 is 10.6 Å². The number of carbonyl (C=O) groups excluding carboxylic acids is 2. The van der Waals surface area contributed by atoms with Crippen LogP contribution in [0.2, 0.25) is 15.1 Å². The van der Waals surface area contributed by atoms with Crippen molar-refractivity contribution in [1.82, 2.24) is 5.32 Å². The summed E-state index contributed by atoms with van der Waals surface area (Å²) in [6, 6.07) is 10.5. The molecule has 1 fully saturated rings. The first kappa shape index (κ1) is 32.2. The number of alkyl halides is 6. The second kappa shape index (κ2) is 12.1. The molecule has 3 aromatic rings. The van der Waals surface area contributed by atoms with Crippen molar-refractivity contribution in [3.63, 3.8) is 0 Å². The second-order valence-electron chi connectivity index (χ2n) is 9.49. The summed E-state index contributed by atoms with van der Waals surface area (Å²) in [5.74, 6) is -3.39. The minimum Gasteiger partial charge on any atom is -0.338 e.